The molecule has 2 atom stereocenters. The van der Waals surface area contributed by atoms with Gasteiger partial charge in [-0.05, 0) is 77.8 Å². The second-order valence-electron chi connectivity index (χ2n) is 16.9. The van der Waals surface area contributed by atoms with Crippen LogP contribution in [0.4, 0.5) is 0 Å². The minimum atomic E-state index is -4.07. The van der Waals surface area contributed by atoms with E-state index in [4.69, 9.17) is 18.3 Å². The largest absolute Gasteiger partial charge is 0.497 e. The van der Waals surface area contributed by atoms with Crippen molar-refractivity contribution in [3.8, 4) is 17.0 Å². The van der Waals surface area contributed by atoms with Crippen molar-refractivity contribution in [2.45, 2.75) is 76.2 Å². The van der Waals surface area contributed by atoms with E-state index in [2.05, 4.69) is 21.4 Å². The summed E-state index contributed by atoms with van der Waals surface area (Å²) < 4.78 is 68.6. The molecule has 1 aromatic heterocycles. The number of nitrogens with zero attached hydrogens (tertiary/aromatic N) is 3. The van der Waals surface area contributed by atoms with E-state index in [-0.39, 0.29) is 49.6 Å². The van der Waals surface area contributed by atoms with Gasteiger partial charge in [-0.2, -0.15) is 12.7 Å². The summed E-state index contributed by atoms with van der Waals surface area (Å²) in [5.74, 6) is 0.107. The van der Waals surface area contributed by atoms with E-state index in [1.165, 1.54) is 26.1 Å². The zero-order chi connectivity index (χ0) is 42.5. The molecule has 13 nitrogen and oxygen atoms in total. The second-order valence-corrected chi connectivity index (χ2v) is 20.4. The number of rotatable bonds is 14. The Morgan fingerprint density at radius 2 is 1.52 bits per heavy atom. The maximum Gasteiger partial charge on any atom is 0.475 e. The van der Waals surface area contributed by atoms with Gasteiger partial charge in [0, 0.05) is 61.7 Å². The lowest BCUT2D eigenvalue weighted by atomic mass is 9.81. The number of hydrogen-bond donors (Lipinski definition) is 1. The highest BCUT2D eigenvalue weighted by Gasteiger charge is 2.65. The first-order valence-electron chi connectivity index (χ1n) is 20.9. The number of aromatic nitrogens is 1. The molecule has 0 spiro atoms. The standard InChI is InChI=1S/C46H51N4O9PS/c1-48(2)61(54,55)47-44(51)34-19-21-38-41(23-34)50-30-46(25-40(46)39-24-35(56-3)20-22-37(39)43(50)42(38)33-17-11-6-12-18-33)45(52)49-26-36(27-49)59-60(53,57-28-31-13-7-4-8-14-31)58-29-32-15-9-5-10-16-32/h4-5,7-10,13-16,19-24,33,36,40H,6,11-12,17-18,25-30H2,1-3H3,(H,47,51). The zero-order valence-electron chi connectivity index (χ0n) is 34.6. The summed E-state index contributed by atoms with van der Waals surface area (Å²) in [6.45, 7) is 0.835. The average Bonchev–Trinajstić information content (AvgIpc) is 3.93. The van der Waals surface area contributed by atoms with Gasteiger partial charge in [0.05, 0.1) is 31.4 Å². The van der Waals surface area contributed by atoms with Crippen molar-refractivity contribution in [3.05, 3.63) is 125 Å². The molecule has 2 saturated carbocycles. The van der Waals surface area contributed by atoms with Crippen molar-refractivity contribution < 1.29 is 40.9 Å². The first-order chi connectivity index (χ1) is 29.4. The van der Waals surface area contributed by atoms with Gasteiger partial charge in [0.1, 0.15) is 11.9 Å². The molecule has 3 fully saturated rings. The number of fused-ring (bicyclic) bond motifs is 7. The third-order valence-corrected chi connectivity index (χ3v) is 15.6. The number of hydrogen-bond acceptors (Lipinski definition) is 9. The molecule has 0 bridgehead atoms. The van der Waals surface area contributed by atoms with E-state index in [1.54, 1.807) is 24.1 Å². The fourth-order valence-corrected chi connectivity index (χ4v) is 11.3. The molecule has 2 aliphatic heterocycles. The number of methoxy groups -OCH3 is 1. The number of carbonyl (C=O) groups excluding carboxylic acids is 2. The summed E-state index contributed by atoms with van der Waals surface area (Å²) in [5, 5.41) is 0.997. The molecule has 3 heterocycles. The van der Waals surface area contributed by atoms with Crippen molar-refractivity contribution in [1.82, 2.24) is 18.5 Å². The van der Waals surface area contributed by atoms with Gasteiger partial charge in [0.25, 0.3) is 5.91 Å². The lowest BCUT2D eigenvalue weighted by Crippen LogP contribution is -2.57. The Balaban J connectivity index is 1.04. The Morgan fingerprint density at radius 3 is 2.15 bits per heavy atom. The molecule has 61 heavy (non-hydrogen) atoms. The first kappa shape index (κ1) is 41.5. The molecule has 9 rings (SSSR count). The zero-order valence-corrected chi connectivity index (χ0v) is 36.3. The maximum atomic E-state index is 15.0. The fourth-order valence-electron chi connectivity index (χ4n) is 9.41. The Bertz CT molecular complexity index is 2580. The SMILES string of the molecule is COc1ccc2c(c1)C1CC1(C(=O)N1CC(OP(=O)(OCc3ccccc3)OCc3ccccc3)C1)Cn1c-2c(C2CCCCC2)c2ccc(C(=O)NS(=O)(=O)N(C)C)cc21. The minimum Gasteiger partial charge on any atom is -0.497 e. The maximum absolute atomic E-state index is 15.0. The van der Waals surface area contributed by atoms with Gasteiger partial charge in [-0.25, -0.2) is 9.29 Å². The molecule has 4 aromatic carbocycles. The Labute approximate surface area is 356 Å². The number of phosphoric ester groups is 1. The number of ether oxygens (including phenoxy) is 1. The number of likely N-dealkylation sites (tertiary alicyclic amines) is 1. The highest BCUT2D eigenvalue weighted by molar-refractivity contribution is 7.87. The first-order valence-corrected chi connectivity index (χ1v) is 23.8. The number of benzene rings is 4. The van der Waals surface area contributed by atoms with Crippen LogP contribution in [0.15, 0.2) is 97.1 Å². The third-order valence-electron chi connectivity index (χ3n) is 12.8. The summed E-state index contributed by atoms with van der Waals surface area (Å²) in [5.41, 5.74) is 6.12. The predicted octanol–water partition coefficient (Wildman–Crippen LogP) is 8.16. The van der Waals surface area contributed by atoms with Crippen molar-refractivity contribution in [2.24, 2.45) is 5.41 Å². The molecule has 5 aromatic rings. The van der Waals surface area contributed by atoms with Gasteiger partial charge in [0.15, 0.2) is 0 Å². The monoisotopic (exact) mass is 866 g/mol. The summed E-state index contributed by atoms with van der Waals surface area (Å²) in [6.07, 6.45) is 5.48. The third kappa shape index (κ3) is 8.06. The van der Waals surface area contributed by atoms with Crippen LogP contribution in [-0.4, -0.2) is 74.4 Å². The van der Waals surface area contributed by atoms with Crippen LogP contribution in [-0.2, 0) is 52.9 Å². The molecule has 4 aliphatic rings. The lowest BCUT2D eigenvalue weighted by Gasteiger charge is -2.41. The highest BCUT2D eigenvalue weighted by Crippen LogP contribution is 2.66. The molecular formula is C46H51N4O9PS. The van der Waals surface area contributed by atoms with Crippen LogP contribution in [0.25, 0.3) is 22.2 Å². The molecule has 320 valence electrons. The van der Waals surface area contributed by atoms with Crippen molar-refractivity contribution >= 4 is 40.7 Å². The van der Waals surface area contributed by atoms with E-state index in [9.17, 15) is 17.8 Å². The van der Waals surface area contributed by atoms with E-state index >= 15 is 4.79 Å². The second kappa shape index (κ2) is 16.5. The van der Waals surface area contributed by atoms with E-state index < -0.39 is 35.5 Å². The molecule has 2 aliphatic carbocycles. The summed E-state index contributed by atoms with van der Waals surface area (Å²) in [7, 11) is -3.74. The number of amides is 2. The number of nitrogens with one attached hydrogen (secondary N) is 1. The van der Waals surface area contributed by atoms with Gasteiger partial charge in [0.2, 0.25) is 5.91 Å². The van der Waals surface area contributed by atoms with Crippen molar-refractivity contribution in [3.63, 3.8) is 0 Å². The van der Waals surface area contributed by atoms with Crippen LogP contribution in [0.5, 0.6) is 5.75 Å². The van der Waals surface area contributed by atoms with E-state index in [0.717, 1.165) is 68.8 Å². The summed E-state index contributed by atoms with van der Waals surface area (Å²) in [4.78, 5) is 30.3. The fraction of sp³-hybridized carbons (Fsp3) is 0.391. The Kier molecular flexibility index (Phi) is 11.2. The van der Waals surface area contributed by atoms with Crippen LogP contribution in [0, 0.1) is 5.41 Å². The molecule has 2 unspecified atom stereocenters. The van der Waals surface area contributed by atoms with Crippen LogP contribution >= 0.6 is 7.82 Å². The van der Waals surface area contributed by atoms with Gasteiger partial charge in [-0.15, -0.1) is 0 Å². The highest BCUT2D eigenvalue weighted by atomic mass is 32.2. The summed E-state index contributed by atoms with van der Waals surface area (Å²) >= 11 is 0. The van der Waals surface area contributed by atoms with Crippen LogP contribution in [0.2, 0.25) is 0 Å². The lowest BCUT2D eigenvalue weighted by molar-refractivity contribution is -0.147. The van der Waals surface area contributed by atoms with E-state index in [0.29, 0.717) is 18.7 Å². The topological polar surface area (TPSA) is 146 Å². The van der Waals surface area contributed by atoms with Gasteiger partial charge >= 0.3 is 18.0 Å². The van der Waals surface area contributed by atoms with E-state index in [1.807, 2.05) is 72.8 Å². The minimum absolute atomic E-state index is 0.0286. The number of phosphoric acid groups is 1. The molecule has 1 N–H and O–H groups in total. The van der Waals surface area contributed by atoms with Crippen LogP contribution in [0.3, 0.4) is 0 Å². The van der Waals surface area contributed by atoms with Crippen LogP contribution in [0.1, 0.15) is 83.0 Å². The van der Waals surface area contributed by atoms with Gasteiger partial charge < -0.3 is 14.2 Å². The quantitative estimate of drug-likeness (QED) is 0.109. The molecule has 0 radical (unpaired) electrons. The molecular weight excluding hydrogens is 816 g/mol. The Morgan fingerprint density at radius 1 is 0.869 bits per heavy atom. The molecule has 15 heteroatoms. The van der Waals surface area contributed by atoms with Crippen molar-refractivity contribution in [1.29, 1.82) is 0 Å². The van der Waals surface area contributed by atoms with Crippen molar-refractivity contribution in [2.75, 3.05) is 34.3 Å². The summed E-state index contributed by atoms with van der Waals surface area (Å²) in [6, 6.07) is 30.3. The smallest absolute Gasteiger partial charge is 0.475 e. The average molecular weight is 867 g/mol. The number of carbonyl (C=O) groups is 2. The van der Waals surface area contributed by atoms with Gasteiger partial charge in [-0.1, -0.05) is 86.0 Å². The molecule has 2 amide bonds. The predicted molar refractivity (Wildman–Crippen MR) is 231 cm³/mol. The normalized spacial score (nSPS) is 20.3. The molecule has 1 saturated heterocycles. The Hall–Kier alpha value is -4.82. The van der Waals surface area contributed by atoms with Crippen LogP contribution < -0.4 is 9.46 Å². The van der Waals surface area contributed by atoms with Gasteiger partial charge in [-0.3, -0.25) is 23.2 Å².